The Hall–Kier alpha value is -3.18. The quantitative estimate of drug-likeness (QED) is 0.190. The van der Waals surface area contributed by atoms with Gasteiger partial charge in [0.05, 0.1) is 23.3 Å². The number of benzene rings is 1. The predicted octanol–water partition coefficient (Wildman–Crippen LogP) is 3.78. The van der Waals surface area contributed by atoms with Gasteiger partial charge in [-0.25, -0.2) is 9.97 Å². The van der Waals surface area contributed by atoms with Gasteiger partial charge < -0.3 is 24.9 Å². The van der Waals surface area contributed by atoms with E-state index in [1.807, 2.05) is 24.4 Å². The second kappa shape index (κ2) is 13.8. The molecule has 0 saturated carbocycles. The topological polar surface area (TPSA) is 131 Å². The number of hydrogen-bond donors (Lipinski definition) is 4. The highest BCUT2D eigenvalue weighted by molar-refractivity contribution is 7.80. The molecular weight excluding hydrogens is 474 g/mol. The Bertz CT molecular complexity index is 1200. The number of H-pyrrole nitrogens is 1. The maximum absolute atomic E-state index is 10.0. The number of pyridine rings is 2. The van der Waals surface area contributed by atoms with E-state index in [-0.39, 0.29) is 0 Å². The van der Waals surface area contributed by atoms with E-state index in [2.05, 4.69) is 53.5 Å². The van der Waals surface area contributed by atoms with E-state index in [1.54, 1.807) is 18.2 Å². The van der Waals surface area contributed by atoms with Crippen LogP contribution < -0.4 is 15.4 Å². The van der Waals surface area contributed by atoms with Crippen molar-refractivity contribution in [1.82, 2.24) is 30.6 Å². The minimum Gasteiger partial charge on any atom is -0.755 e. The normalized spacial score (nSPS) is 15.5. The number of unbranched alkanes of at least 4 members (excludes halogenated alkanes) is 1. The van der Waals surface area contributed by atoms with E-state index < -0.39 is 11.3 Å². The van der Waals surface area contributed by atoms with E-state index in [1.165, 1.54) is 43.1 Å². The molecule has 0 amide bonds. The highest BCUT2D eigenvalue weighted by Crippen LogP contribution is 2.27. The van der Waals surface area contributed by atoms with Crippen LogP contribution in [0.25, 0.3) is 11.0 Å². The van der Waals surface area contributed by atoms with E-state index >= 15 is 0 Å². The fourth-order valence-corrected chi connectivity index (χ4v) is 4.56. The number of aromatic nitrogens is 4. The van der Waals surface area contributed by atoms with Crippen molar-refractivity contribution in [3.05, 3.63) is 84.1 Å². The lowest BCUT2D eigenvalue weighted by atomic mass is 9.92. The molecule has 10 heteroatoms. The highest BCUT2D eigenvalue weighted by Gasteiger charge is 2.20. The van der Waals surface area contributed by atoms with Crippen LogP contribution in [0.3, 0.4) is 0 Å². The Balaban J connectivity index is 0.000000256. The van der Waals surface area contributed by atoms with Crippen molar-refractivity contribution in [3.8, 4) is 0 Å². The average molecular weight is 507 g/mol. The first-order valence-corrected chi connectivity index (χ1v) is 13.3. The second-order valence-corrected chi connectivity index (χ2v) is 9.26. The second-order valence-electron chi connectivity index (χ2n) is 8.58. The van der Waals surface area contributed by atoms with Gasteiger partial charge in [0.15, 0.2) is 0 Å². The van der Waals surface area contributed by atoms with Gasteiger partial charge in [-0.3, -0.25) is 9.19 Å². The summed E-state index contributed by atoms with van der Waals surface area (Å²) >= 11 is -2.28. The molecule has 4 N–H and O–H groups in total. The van der Waals surface area contributed by atoms with Gasteiger partial charge in [-0.2, -0.15) is 0 Å². The van der Waals surface area contributed by atoms with Gasteiger partial charge in [0.1, 0.15) is 11.6 Å². The van der Waals surface area contributed by atoms with Crippen molar-refractivity contribution in [2.24, 2.45) is 0 Å². The zero-order valence-corrected chi connectivity index (χ0v) is 21.0. The molecule has 0 fully saturated rings. The first-order chi connectivity index (χ1) is 17.7. The lowest BCUT2D eigenvalue weighted by molar-refractivity contribution is 0.439. The number of aromatic amines is 1. The van der Waals surface area contributed by atoms with Crippen LogP contribution in [0.4, 0.5) is 5.82 Å². The number of rotatable bonds is 10. The fourth-order valence-electron chi connectivity index (χ4n) is 4.26. The third kappa shape index (κ3) is 7.92. The van der Waals surface area contributed by atoms with Crippen LogP contribution in [0.2, 0.25) is 0 Å². The number of nitrogens with zero attached hydrogens (tertiary/aromatic N) is 3. The maximum atomic E-state index is 10.0. The van der Waals surface area contributed by atoms with Crippen LogP contribution in [0.15, 0.2) is 67.0 Å². The third-order valence-electron chi connectivity index (χ3n) is 5.95. The van der Waals surface area contributed by atoms with Crippen LogP contribution in [0.1, 0.15) is 48.8 Å². The monoisotopic (exact) mass is 506 g/mol. The molecule has 9 nitrogen and oxygen atoms in total. The summed E-state index contributed by atoms with van der Waals surface area (Å²) in [5.41, 5.74) is 4.83. The third-order valence-corrected chi connectivity index (χ3v) is 6.33. The van der Waals surface area contributed by atoms with Gasteiger partial charge in [-0.05, 0) is 81.1 Å². The lowest BCUT2D eigenvalue weighted by Gasteiger charge is -2.25. The number of para-hydroxylation sites is 2. The average Bonchev–Trinajstić information content (AvgIpc) is 3.32. The summed E-state index contributed by atoms with van der Waals surface area (Å²) in [4.78, 5) is 16.3. The number of nitrogens with one attached hydrogen (secondary N) is 4. The van der Waals surface area contributed by atoms with Crippen molar-refractivity contribution in [3.63, 3.8) is 0 Å². The Morgan fingerprint density at radius 3 is 2.67 bits per heavy atom. The minimum atomic E-state index is -2.28. The zero-order valence-electron chi connectivity index (χ0n) is 20.2. The van der Waals surface area contributed by atoms with Crippen LogP contribution in [0, 0.1) is 0 Å². The molecule has 0 spiro atoms. The van der Waals surface area contributed by atoms with Crippen molar-refractivity contribution in [1.29, 1.82) is 0 Å². The SMILES string of the molecule is O=S([O-])Nc1ccccn1.c1cnc2c(c1)CCCC2NCCCCNCc1nc2ccccc2[nH]1. The molecule has 0 saturated heterocycles. The highest BCUT2D eigenvalue weighted by atomic mass is 32.2. The van der Waals surface area contributed by atoms with Crippen LogP contribution in [0.5, 0.6) is 0 Å². The molecule has 1 aliphatic rings. The first kappa shape index (κ1) is 25.9. The first-order valence-electron chi connectivity index (χ1n) is 12.3. The van der Waals surface area contributed by atoms with E-state index in [0.717, 1.165) is 42.9 Å². The predicted molar refractivity (Wildman–Crippen MR) is 142 cm³/mol. The minimum absolute atomic E-state index is 0.329. The van der Waals surface area contributed by atoms with Crippen molar-refractivity contribution in [2.75, 3.05) is 17.8 Å². The summed E-state index contributed by atoms with van der Waals surface area (Å²) in [5, 5.41) is 7.18. The summed E-state index contributed by atoms with van der Waals surface area (Å²) in [6, 6.07) is 17.8. The van der Waals surface area contributed by atoms with Gasteiger partial charge in [0.25, 0.3) is 0 Å². The van der Waals surface area contributed by atoms with Crippen LogP contribution in [-0.2, 0) is 24.2 Å². The Morgan fingerprint density at radius 1 is 1.00 bits per heavy atom. The zero-order chi connectivity index (χ0) is 25.0. The molecule has 1 aliphatic carbocycles. The van der Waals surface area contributed by atoms with E-state index in [4.69, 9.17) is 0 Å². The summed E-state index contributed by atoms with van der Waals surface area (Å²) in [6.07, 6.45) is 9.40. The molecule has 0 aliphatic heterocycles. The number of imidazole rings is 1. The Labute approximate surface area is 214 Å². The molecule has 36 heavy (non-hydrogen) atoms. The summed E-state index contributed by atoms with van der Waals surface area (Å²) in [6.45, 7) is 2.85. The molecule has 0 bridgehead atoms. The maximum Gasteiger partial charge on any atom is 0.136 e. The Morgan fingerprint density at radius 2 is 1.83 bits per heavy atom. The largest absolute Gasteiger partial charge is 0.755 e. The summed E-state index contributed by atoms with van der Waals surface area (Å²) < 4.78 is 22.1. The number of hydrogen-bond acceptors (Lipinski definition) is 7. The summed E-state index contributed by atoms with van der Waals surface area (Å²) in [7, 11) is 0. The van der Waals surface area contributed by atoms with Gasteiger partial charge in [0.2, 0.25) is 0 Å². The van der Waals surface area contributed by atoms with Crippen molar-refractivity contribution < 1.29 is 8.76 Å². The lowest BCUT2D eigenvalue weighted by Crippen LogP contribution is -2.27. The molecule has 2 atom stereocenters. The Kier molecular flexibility index (Phi) is 9.92. The van der Waals surface area contributed by atoms with Gasteiger partial charge in [-0.15, -0.1) is 0 Å². The van der Waals surface area contributed by atoms with Gasteiger partial charge >= 0.3 is 0 Å². The molecule has 190 valence electrons. The van der Waals surface area contributed by atoms with Crippen LogP contribution in [-0.4, -0.2) is 41.8 Å². The number of anilines is 1. The van der Waals surface area contributed by atoms with Crippen LogP contribution >= 0.6 is 0 Å². The van der Waals surface area contributed by atoms with Crippen molar-refractivity contribution >= 4 is 28.1 Å². The molecule has 1 aromatic carbocycles. The molecule has 2 unspecified atom stereocenters. The molecule has 0 radical (unpaired) electrons. The molecule has 4 aromatic rings. The van der Waals surface area contributed by atoms with Crippen molar-refractivity contribution in [2.45, 2.75) is 44.7 Å². The number of aryl methyl sites for hydroxylation is 1. The number of fused-ring (bicyclic) bond motifs is 2. The van der Waals surface area contributed by atoms with Gasteiger partial charge in [-0.1, -0.05) is 24.3 Å². The smallest absolute Gasteiger partial charge is 0.136 e. The standard InChI is InChI=1S/C21H27N5.C5H6N2O2S/c1-2-10-18-17(9-1)25-20(26-18)15-22-12-3-4-13-23-19-11-5-7-16-8-6-14-24-21(16)19;8-10(9)7-5-3-1-2-4-6-5/h1-2,6,8-10,14,19,22-23H,3-5,7,11-13,15H2,(H,25,26);1-4H,(H,6,7)(H,8,9)/p-1. The molecular formula is C26H32N7O2S-. The van der Waals surface area contributed by atoms with Gasteiger partial charge in [0, 0.05) is 29.7 Å². The fraction of sp³-hybridized carbons (Fsp3) is 0.346. The molecule has 5 rings (SSSR count). The molecule has 3 aromatic heterocycles. The van der Waals surface area contributed by atoms with E-state index in [9.17, 15) is 8.76 Å². The summed E-state index contributed by atoms with van der Waals surface area (Å²) in [5.74, 6) is 1.34. The van der Waals surface area contributed by atoms with E-state index in [0.29, 0.717) is 11.9 Å². The molecule has 3 heterocycles.